The molecular weight excluding hydrogens is 242 g/mol. The molecule has 1 aliphatic rings. The number of nitrogens with zero attached hydrogens (tertiary/aromatic N) is 3. The lowest BCUT2D eigenvalue weighted by Gasteiger charge is -2.32. The monoisotopic (exact) mass is 261 g/mol. The van der Waals surface area contributed by atoms with E-state index in [-0.39, 0.29) is 0 Å². The molecule has 1 atom stereocenters. The normalized spacial score (nSPS) is 19.6. The fourth-order valence-electron chi connectivity index (χ4n) is 2.79. The predicted molar refractivity (Wildman–Crippen MR) is 70.6 cm³/mol. The van der Waals surface area contributed by atoms with Gasteiger partial charge in [-0.25, -0.2) is 0 Å². The zero-order valence-electron chi connectivity index (χ0n) is 11.4. The van der Waals surface area contributed by atoms with Gasteiger partial charge in [-0.1, -0.05) is 0 Å². The number of fused-ring (bicyclic) bond motifs is 1. The second-order valence-electron chi connectivity index (χ2n) is 5.07. The van der Waals surface area contributed by atoms with Crippen molar-refractivity contribution in [3.05, 3.63) is 41.6 Å². The van der Waals surface area contributed by atoms with Gasteiger partial charge in [0.25, 0.3) is 0 Å². The van der Waals surface area contributed by atoms with Crippen molar-refractivity contribution in [2.75, 3.05) is 20.3 Å². The van der Waals surface area contributed by atoms with Gasteiger partial charge in [-0.2, -0.15) is 5.10 Å². The van der Waals surface area contributed by atoms with Crippen molar-refractivity contribution in [2.24, 2.45) is 7.05 Å². The van der Waals surface area contributed by atoms with Crippen LogP contribution in [0.4, 0.5) is 0 Å². The highest BCUT2D eigenvalue weighted by atomic mass is 16.5. The Kier molecular flexibility index (Phi) is 3.40. The Balaban J connectivity index is 1.81. The molecule has 2 aromatic heterocycles. The van der Waals surface area contributed by atoms with E-state index in [9.17, 15) is 0 Å². The van der Waals surface area contributed by atoms with Gasteiger partial charge in [0.2, 0.25) is 0 Å². The van der Waals surface area contributed by atoms with Crippen molar-refractivity contribution in [3.63, 3.8) is 0 Å². The molecule has 3 rings (SSSR count). The highest BCUT2D eigenvalue weighted by molar-refractivity contribution is 5.26. The topological polar surface area (TPSA) is 43.4 Å². The number of rotatable bonds is 4. The van der Waals surface area contributed by atoms with Crippen LogP contribution in [-0.4, -0.2) is 34.9 Å². The van der Waals surface area contributed by atoms with Crippen molar-refractivity contribution < 1.29 is 9.15 Å². The minimum absolute atomic E-state index is 0.386. The highest BCUT2D eigenvalue weighted by Gasteiger charge is 2.28. The second-order valence-corrected chi connectivity index (χ2v) is 5.07. The molecule has 0 N–H and O–H groups in total. The summed E-state index contributed by atoms with van der Waals surface area (Å²) in [4.78, 5) is 2.38. The minimum atomic E-state index is 0.386. The van der Waals surface area contributed by atoms with E-state index in [0.717, 1.165) is 32.0 Å². The molecule has 0 aliphatic carbocycles. The van der Waals surface area contributed by atoms with Crippen molar-refractivity contribution >= 4 is 0 Å². The van der Waals surface area contributed by atoms with Gasteiger partial charge >= 0.3 is 0 Å². The standard InChI is InChI=1S/C14H19N3O2/c1-16-14-9-17(8-12-4-3-5-19-12)7-11(10-18-2)13(14)6-15-16/h3-6,11H,7-10H2,1-2H3. The number of aromatic nitrogens is 2. The number of hydrogen-bond acceptors (Lipinski definition) is 4. The van der Waals surface area contributed by atoms with Crippen molar-refractivity contribution in [1.29, 1.82) is 0 Å². The Hall–Kier alpha value is -1.59. The SMILES string of the molecule is COCC1CN(Cc2ccco2)Cc2c1cnn2C. The third-order valence-corrected chi connectivity index (χ3v) is 3.71. The lowest BCUT2D eigenvalue weighted by molar-refractivity contribution is 0.130. The third kappa shape index (κ3) is 2.43. The van der Waals surface area contributed by atoms with Crippen LogP contribution in [-0.2, 0) is 24.9 Å². The van der Waals surface area contributed by atoms with E-state index in [1.54, 1.807) is 13.4 Å². The highest BCUT2D eigenvalue weighted by Crippen LogP contribution is 2.29. The number of ether oxygens (including phenoxy) is 1. The van der Waals surface area contributed by atoms with Gasteiger partial charge in [-0.15, -0.1) is 0 Å². The Morgan fingerprint density at radius 2 is 2.42 bits per heavy atom. The Bertz CT molecular complexity index is 533. The first-order chi connectivity index (χ1) is 9.28. The molecule has 19 heavy (non-hydrogen) atoms. The fraction of sp³-hybridized carbons (Fsp3) is 0.500. The molecule has 0 radical (unpaired) electrons. The quantitative estimate of drug-likeness (QED) is 0.841. The van der Waals surface area contributed by atoms with Gasteiger partial charge in [-0.05, 0) is 12.1 Å². The summed E-state index contributed by atoms with van der Waals surface area (Å²) in [6.45, 7) is 3.45. The molecule has 0 fully saturated rings. The van der Waals surface area contributed by atoms with E-state index in [1.165, 1.54) is 11.3 Å². The Morgan fingerprint density at radius 3 is 3.16 bits per heavy atom. The molecule has 1 aliphatic heterocycles. The maximum absolute atomic E-state index is 5.44. The smallest absolute Gasteiger partial charge is 0.117 e. The molecular formula is C14H19N3O2. The maximum Gasteiger partial charge on any atom is 0.117 e. The zero-order chi connectivity index (χ0) is 13.2. The van der Waals surface area contributed by atoms with E-state index in [0.29, 0.717) is 5.92 Å². The maximum atomic E-state index is 5.44. The first kappa shape index (κ1) is 12.4. The van der Waals surface area contributed by atoms with Crippen molar-refractivity contribution in [1.82, 2.24) is 14.7 Å². The molecule has 2 aromatic rings. The molecule has 0 bridgehead atoms. The molecule has 0 aromatic carbocycles. The molecule has 0 saturated heterocycles. The van der Waals surface area contributed by atoms with Crippen LogP contribution in [0.15, 0.2) is 29.0 Å². The number of aryl methyl sites for hydroxylation is 1. The van der Waals surface area contributed by atoms with Crippen LogP contribution in [0, 0.1) is 0 Å². The van der Waals surface area contributed by atoms with E-state index >= 15 is 0 Å². The molecule has 0 spiro atoms. The van der Waals surface area contributed by atoms with Gasteiger partial charge in [0.15, 0.2) is 0 Å². The van der Waals surface area contributed by atoms with Gasteiger partial charge in [0.05, 0.1) is 31.3 Å². The Labute approximate surface area is 112 Å². The molecule has 5 heteroatoms. The van der Waals surface area contributed by atoms with E-state index in [4.69, 9.17) is 9.15 Å². The first-order valence-corrected chi connectivity index (χ1v) is 6.52. The minimum Gasteiger partial charge on any atom is -0.468 e. The molecule has 3 heterocycles. The molecule has 0 amide bonds. The lowest BCUT2D eigenvalue weighted by atomic mass is 9.95. The third-order valence-electron chi connectivity index (χ3n) is 3.71. The summed E-state index contributed by atoms with van der Waals surface area (Å²) in [5, 5.41) is 4.37. The summed E-state index contributed by atoms with van der Waals surface area (Å²) >= 11 is 0. The number of methoxy groups -OCH3 is 1. The fourth-order valence-corrected chi connectivity index (χ4v) is 2.79. The van der Waals surface area contributed by atoms with Crippen LogP contribution < -0.4 is 0 Å². The lowest BCUT2D eigenvalue weighted by Crippen LogP contribution is -2.35. The van der Waals surface area contributed by atoms with Crippen LogP contribution in [0.5, 0.6) is 0 Å². The average Bonchev–Trinajstić information content (AvgIpc) is 3.01. The van der Waals surface area contributed by atoms with Gasteiger partial charge < -0.3 is 9.15 Å². The van der Waals surface area contributed by atoms with Crippen molar-refractivity contribution in [2.45, 2.75) is 19.0 Å². The summed E-state index contributed by atoms with van der Waals surface area (Å²) in [6, 6.07) is 3.95. The van der Waals surface area contributed by atoms with Crippen LogP contribution in [0.3, 0.4) is 0 Å². The number of furan rings is 1. The van der Waals surface area contributed by atoms with E-state index in [1.807, 2.05) is 30.1 Å². The van der Waals surface area contributed by atoms with Crippen LogP contribution >= 0.6 is 0 Å². The molecule has 0 saturated carbocycles. The second kappa shape index (κ2) is 5.19. The largest absolute Gasteiger partial charge is 0.468 e. The van der Waals surface area contributed by atoms with Gasteiger partial charge in [0, 0.05) is 38.7 Å². The van der Waals surface area contributed by atoms with Gasteiger partial charge in [0.1, 0.15) is 5.76 Å². The summed E-state index contributed by atoms with van der Waals surface area (Å²) in [6.07, 6.45) is 3.70. The van der Waals surface area contributed by atoms with Crippen molar-refractivity contribution in [3.8, 4) is 0 Å². The Morgan fingerprint density at radius 1 is 1.53 bits per heavy atom. The average molecular weight is 261 g/mol. The summed E-state index contributed by atoms with van der Waals surface area (Å²) < 4.78 is 12.7. The van der Waals surface area contributed by atoms with Gasteiger partial charge in [-0.3, -0.25) is 9.58 Å². The van der Waals surface area contributed by atoms with Crippen LogP contribution in [0.1, 0.15) is 22.9 Å². The molecule has 1 unspecified atom stereocenters. The summed E-state index contributed by atoms with van der Waals surface area (Å²) in [7, 11) is 3.75. The number of hydrogen-bond donors (Lipinski definition) is 0. The molecule has 5 nitrogen and oxygen atoms in total. The zero-order valence-corrected chi connectivity index (χ0v) is 11.4. The van der Waals surface area contributed by atoms with E-state index < -0.39 is 0 Å². The van der Waals surface area contributed by atoms with Crippen LogP contribution in [0.25, 0.3) is 0 Å². The molecule has 102 valence electrons. The summed E-state index contributed by atoms with van der Waals surface area (Å²) in [5.74, 6) is 1.39. The van der Waals surface area contributed by atoms with E-state index in [2.05, 4.69) is 10.00 Å². The van der Waals surface area contributed by atoms with Crippen LogP contribution in [0.2, 0.25) is 0 Å². The predicted octanol–water partition coefficient (Wildman–Crippen LogP) is 1.76. The first-order valence-electron chi connectivity index (χ1n) is 6.52. The summed E-state index contributed by atoms with van der Waals surface area (Å²) in [5.41, 5.74) is 2.60.